The van der Waals surface area contributed by atoms with Crippen LogP contribution in [-0.2, 0) is 5.54 Å². The second-order valence-electron chi connectivity index (χ2n) is 13.9. The van der Waals surface area contributed by atoms with Crippen molar-refractivity contribution in [2.45, 2.75) is 12.5 Å². The van der Waals surface area contributed by atoms with Gasteiger partial charge in [0.05, 0.1) is 22.8 Å². The van der Waals surface area contributed by atoms with Gasteiger partial charge in [-0.05, 0) is 113 Å². The van der Waals surface area contributed by atoms with Crippen molar-refractivity contribution < 1.29 is 4.42 Å². The van der Waals surface area contributed by atoms with E-state index in [1.165, 1.54) is 0 Å². The highest BCUT2D eigenvalue weighted by Crippen LogP contribution is 2.51. The first-order valence-electron chi connectivity index (χ1n) is 18.2. The molecule has 1 atom stereocenters. The molecule has 0 amide bonds. The topological polar surface area (TPSA) is 63.8 Å². The summed E-state index contributed by atoms with van der Waals surface area (Å²) in [5.74, 6) is 0.929. The fraction of sp³-hybridized carbons (Fsp3) is 0.0408. The molecule has 0 saturated heterocycles. The van der Waals surface area contributed by atoms with Crippen LogP contribution in [0, 0.1) is 0 Å². The van der Waals surface area contributed by atoms with Crippen molar-refractivity contribution in [3.63, 3.8) is 0 Å². The van der Waals surface area contributed by atoms with Crippen molar-refractivity contribution in [1.29, 1.82) is 0 Å². The number of nitrogens with one attached hydrogen (secondary N) is 1. The number of nitrogens with zero attached hydrogens (tertiary/aromatic N) is 3. The summed E-state index contributed by atoms with van der Waals surface area (Å²) < 4.78 is 6.68. The number of fused-ring (bicyclic) bond motifs is 5. The van der Waals surface area contributed by atoms with Crippen LogP contribution in [0.1, 0.15) is 18.2 Å². The van der Waals surface area contributed by atoms with Crippen LogP contribution in [0.5, 0.6) is 0 Å². The zero-order chi connectivity index (χ0) is 36.1. The minimum absolute atomic E-state index is 0.527. The fourth-order valence-corrected chi connectivity index (χ4v) is 7.75. The van der Waals surface area contributed by atoms with Crippen molar-refractivity contribution in [3.8, 4) is 67.3 Å². The highest BCUT2D eigenvalue weighted by Gasteiger charge is 2.40. The predicted octanol–water partition coefficient (Wildman–Crippen LogP) is 12.3. The van der Waals surface area contributed by atoms with Gasteiger partial charge in [-0.1, -0.05) is 103 Å². The van der Waals surface area contributed by atoms with Crippen LogP contribution < -0.4 is 5.32 Å². The van der Waals surface area contributed by atoms with E-state index in [0.29, 0.717) is 0 Å². The summed E-state index contributed by atoms with van der Waals surface area (Å²) in [6.45, 7) is 2.21. The maximum atomic E-state index is 6.68. The van der Waals surface area contributed by atoms with Crippen LogP contribution in [0.3, 0.4) is 0 Å². The highest BCUT2D eigenvalue weighted by molar-refractivity contribution is 6.03. The normalized spacial score (nSPS) is 14.6. The van der Waals surface area contributed by atoms with E-state index in [1.54, 1.807) is 12.4 Å². The molecule has 0 radical (unpaired) electrons. The van der Waals surface area contributed by atoms with Crippen molar-refractivity contribution in [2.24, 2.45) is 0 Å². The predicted molar refractivity (Wildman–Crippen MR) is 219 cm³/mol. The van der Waals surface area contributed by atoms with E-state index in [4.69, 9.17) is 9.40 Å². The molecule has 0 bridgehead atoms. The molecular weight excluding hydrogens is 661 g/mol. The van der Waals surface area contributed by atoms with Crippen LogP contribution in [0.25, 0.3) is 78.3 Å². The third-order valence-corrected chi connectivity index (χ3v) is 10.5. The number of anilines is 1. The summed E-state index contributed by atoms with van der Waals surface area (Å²) in [7, 11) is 0. The lowest BCUT2D eigenvalue weighted by Crippen LogP contribution is -2.35. The zero-order valence-corrected chi connectivity index (χ0v) is 29.6. The first-order chi connectivity index (χ1) is 26.6. The lowest BCUT2D eigenvalue weighted by Gasteiger charge is -2.36. The number of furan rings is 1. The molecule has 0 fully saturated rings. The average molecular weight is 695 g/mol. The summed E-state index contributed by atoms with van der Waals surface area (Å²) in [6, 6.07) is 59.2. The van der Waals surface area contributed by atoms with E-state index in [2.05, 4.69) is 150 Å². The standard InChI is InChI=1S/C49H34N4O/c1-49(38-17-3-2-4-18-38)48-47(39-19-5-6-22-46(39)54-48)40-29-36(23-24-41(40)53-49)34-15-11-13-32(27-34)33-14-12-16-35(28-33)37-30-44(42-20-7-9-25-50-42)52-45(31-37)43-21-8-10-26-51-43/h2-31,53H,1H3/t49-/m0/s1. The van der Waals surface area contributed by atoms with E-state index in [1.807, 2.05) is 42.5 Å². The Morgan fingerprint density at radius 1 is 0.481 bits per heavy atom. The van der Waals surface area contributed by atoms with Crippen LogP contribution in [0.4, 0.5) is 5.69 Å². The highest BCUT2D eigenvalue weighted by atomic mass is 16.3. The maximum absolute atomic E-state index is 6.68. The van der Waals surface area contributed by atoms with Crippen LogP contribution in [0.2, 0.25) is 0 Å². The van der Waals surface area contributed by atoms with Gasteiger partial charge in [0.2, 0.25) is 0 Å². The summed E-state index contributed by atoms with van der Waals surface area (Å²) in [5.41, 5.74) is 14.8. The average Bonchev–Trinajstić information content (AvgIpc) is 3.66. The Hall–Kier alpha value is -7.11. The molecule has 54 heavy (non-hydrogen) atoms. The van der Waals surface area contributed by atoms with E-state index < -0.39 is 5.54 Å². The molecular formula is C49H34N4O. The molecule has 0 spiro atoms. The van der Waals surface area contributed by atoms with E-state index in [9.17, 15) is 0 Å². The van der Waals surface area contributed by atoms with Gasteiger partial charge in [0.1, 0.15) is 16.9 Å². The van der Waals surface area contributed by atoms with Gasteiger partial charge in [-0.25, -0.2) is 4.98 Å². The van der Waals surface area contributed by atoms with Gasteiger partial charge in [-0.3, -0.25) is 9.97 Å². The number of benzene rings is 5. The molecule has 4 aromatic heterocycles. The molecule has 0 aliphatic carbocycles. The minimum atomic E-state index is -0.527. The van der Waals surface area contributed by atoms with Crippen molar-refractivity contribution in [3.05, 3.63) is 194 Å². The Morgan fingerprint density at radius 3 is 1.69 bits per heavy atom. The zero-order valence-electron chi connectivity index (χ0n) is 29.6. The third kappa shape index (κ3) is 5.46. The van der Waals surface area contributed by atoms with Crippen molar-refractivity contribution in [2.75, 3.05) is 5.32 Å². The summed E-state index contributed by atoms with van der Waals surface area (Å²) in [6.07, 6.45) is 3.60. The largest absolute Gasteiger partial charge is 0.458 e. The molecule has 5 heterocycles. The van der Waals surface area contributed by atoms with Gasteiger partial charge >= 0.3 is 0 Å². The molecule has 9 aromatic rings. The maximum Gasteiger partial charge on any atom is 0.142 e. The molecule has 1 N–H and O–H groups in total. The van der Waals surface area contributed by atoms with Crippen molar-refractivity contribution in [1.82, 2.24) is 15.0 Å². The molecule has 10 rings (SSSR count). The van der Waals surface area contributed by atoms with E-state index >= 15 is 0 Å². The van der Waals surface area contributed by atoms with E-state index in [0.717, 1.165) is 95.3 Å². The Morgan fingerprint density at radius 2 is 1.06 bits per heavy atom. The van der Waals surface area contributed by atoms with Gasteiger partial charge in [0.15, 0.2) is 0 Å². The van der Waals surface area contributed by atoms with Crippen LogP contribution in [-0.4, -0.2) is 15.0 Å². The number of aromatic nitrogens is 3. The smallest absolute Gasteiger partial charge is 0.142 e. The number of hydrogen-bond donors (Lipinski definition) is 1. The van der Waals surface area contributed by atoms with Gasteiger partial charge in [-0.15, -0.1) is 0 Å². The number of para-hydroxylation sites is 1. The van der Waals surface area contributed by atoms with Crippen LogP contribution >= 0.6 is 0 Å². The number of pyridine rings is 3. The van der Waals surface area contributed by atoms with E-state index in [-0.39, 0.29) is 0 Å². The summed E-state index contributed by atoms with van der Waals surface area (Å²) >= 11 is 0. The first-order valence-corrected chi connectivity index (χ1v) is 18.2. The molecule has 1 aliphatic rings. The SMILES string of the molecule is C[C@@]1(c2ccccc2)Nc2ccc(-c3cccc(-c4cccc(-c5cc(-c6ccccn6)nc(-c6ccccn6)c5)c4)c3)cc2-c2c1oc1ccccc21. The Balaban J connectivity index is 1.04. The molecule has 5 nitrogen and oxygen atoms in total. The second-order valence-corrected chi connectivity index (χ2v) is 13.9. The number of rotatable bonds is 6. The quantitative estimate of drug-likeness (QED) is 0.188. The summed E-state index contributed by atoms with van der Waals surface area (Å²) in [4.78, 5) is 14.2. The minimum Gasteiger partial charge on any atom is -0.458 e. The molecule has 1 aliphatic heterocycles. The molecule has 0 unspecified atom stereocenters. The van der Waals surface area contributed by atoms with Crippen molar-refractivity contribution >= 4 is 16.7 Å². The third-order valence-electron chi connectivity index (χ3n) is 10.5. The lowest BCUT2D eigenvalue weighted by atomic mass is 9.80. The molecule has 5 heteroatoms. The van der Waals surface area contributed by atoms with Crippen LogP contribution in [0.15, 0.2) is 187 Å². The second kappa shape index (κ2) is 12.8. The Kier molecular flexibility index (Phi) is 7.51. The molecule has 0 saturated carbocycles. The Labute approximate surface area is 313 Å². The lowest BCUT2D eigenvalue weighted by molar-refractivity contribution is 0.461. The van der Waals surface area contributed by atoms with Gasteiger partial charge in [0.25, 0.3) is 0 Å². The number of hydrogen-bond acceptors (Lipinski definition) is 5. The molecule has 5 aromatic carbocycles. The monoisotopic (exact) mass is 694 g/mol. The first kappa shape index (κ1) is 31.6. The van der Waals surface area contributed by atoms with Gasteiger partial charge < -0.3 is 9.73 Å². The fourth-order valence-electron chi connectivity index (χ4n) is 7.75. The molecule has 256 valence electrons. The summed E-state index contributed by atoms with van der Waals surface area (Å²) in [5, 5.41) is 4.99. The van der Waals surface area contributed by atoms with Gasteiger partial charge in [-0.2, -0.15) is 0 Å². The Bertz CT molecular complexity index is 2760. The van der Waals surface area contributed by atoms with Gasteiger partial charge in [0, 0.05) is 34.6 Å².